The van der Waals surface area contributed by atoms with Crippen LogP contribution in [0.25, 0.3) is 0 Å². The molecule has 0 aliphatic carbocycles. The number of rotatable bonds is 13. The molecule has 0 fully saturated rings. The summed E-state index contributed by atoms with van der Waals surface area (Å²) < 4.78 is 16.7. The van der Waals surface area contributed by atoms with Crippen LogP contribution in [0.3, 0.4) is 0 Å². The Hall–Kier alpha value is -5.00. The average Bonchev–Trinajstić information content (AvgIpc) is 3.10. The Morgan fingerprint density at radius 2 is 1.46 bits per heavy atom. The van der Waals surface area contributed by atoms with Crippen molar-refractivity contribution in [3.63, 3.8) is 0 Å². The fourth-order valence-electron chi connectivity index (χ4n) is 5.09. The van der Waals surface area contributed by atoms with Gasteiger partial charge in [0.05, 0.1) is 37.8 Å². The molecule has 11 nitrogen and oxygen atoms in total. The molecule has 4 unspecified atom stereocenters. The Labute approximate surface area is 280 Å². The molecule has 0 radical (unpaired) electrons. The van der Waals surface area contributed by atoms with Crippen LogP contribution >= 0.6 is 0 Å². The van der Waals surface area contributed by atoms with E-state index in [1.807, 2.05) is 91.0 Å². The first-order valence-electron chi connectivity index (χ1n) is 16.0. The predicted molar refractivity (Wildman–Crippen MR) is 178 cm³/mol. The zero-order chi connectivity index (χ0) is 34.0. The van der Waals surface area contributed by atoms with E-state index in [0.717, 1.165) is 16.7 Å². The summed E-state index contributed by atoms with van der Waals surface area (Å²) in [6.45, 7) is -0.140. The molecule has 0 saturated carbocycles. The monoisotopic (exact) mass is 657 g/mol. The second-order valence-corrected chi connectivity index (χ2v) is 11.6. The number of aliphatic hydroxyl groups is 1. The van der Waals surface area contributed by atoms with Crippen molar-refractivity contribution < 1.29 is 38.5 Å². The lowest BCUT2D eigenvalue weighted by molar-refractivity contribution is -0.148. The molecule has 1 aliphatic heterocycles. The van der Waals surface area contributed by atoms with Crippen molar-refractivity contribution in [2.45, 2.75) is 57.0 Å². The Morgan fingerprint density at radius 1 is 0.854 bits per heavy atom. The molecule has 0 aromatic heterocycles. The van der Waals surface area contributed by atoms with Crippen LogP contribution in [0.15, 0.2) is 103 Å². The van der Waals surface area contributed by atoms with Crippen LogP contribution in [0.5, 0.6) is 0 Å². The van der Waals surface area contributed by atoms with Gasteiger partial charge in [-0.2, -0.15) is 0 Å². The highest BCUT2D eigenvalue weighted by Gasteiger charge is 2.28. The van der Waals surface area contributed by atoms with Crippen LogP contribution in [-0.2, 0) is 48.2 Å². The largest absolute Gasteiger partial charge is 0.462 e. The molecule has 3 aromatic rings. The van der Waals surface area contributed by atoms with Crippen molar-refractivity contribution in [2.75, 3.05) is 19.8 Å². The van der Waals surface area contributed by atoms with E-state index in [0.29, 0.717) is 6.42 Å². The maximum atomic E-state index is 13.5. The highest BCUT2D eigenvalue weighted by Crippen LogP contribution is 2.14. The molecular weight excluding hydrogens is 614 g/mol. The van der Waals surface area contributed by atoms with Gasteiger partial charge < -0.3 is 35.3 Å². The van der Waals surface area contributed by atoms with E-state index in [1.165, 1.54) is 0 Å². The van der Waals surface area contributed by atoms with Gasteiger partial charge in [-0.1, -0.05) is 103 Å². The zero-order valence-electron chi connectivity index (χ0n) is 26.8. The van der Waals surface area contributed by atoms with Crippen LogP contribution in [0.4, 0.5) is 4.79 Å². The van der Waals surface area contributed by atoms with E-state index in [-0.39, 0.29) is 58.2 Å². The fraction of sp³-hybridized carbons (Fsp3) is 0.351. The van der Waals surface area contributed by atoms with Crippen molar-refractivity contribution in [1.82, 2.24) is 16.0 Å². The molecule has 11 heteroatoms. The van der Waals surface area contributed by atoms with Crippen LogP contribution in [-0.4, -0.2) is 66.9 Å². The molecule has 4 N–H and O–H groups in total. The third-order valence-corrected chi connectivity index (χ3v) is 7.67. The lowest BCUT2D eigenvalue weighted by Crippen LogP contribution is -2.48. The van der Waals surface area contributed by atoms with Crippen molar-refractivity contribution in [3.05, 3.63) is 120 Å². The quantitative estimate of drug-likeness (QED) is 0.161. The molecule has 0 spiro atoms. The number of esters is 1. The van der Waals surface area contributed by atoms with Gasteiger partial charge in [0.25, 0.3) is 0 Å². The number of amides is 3. The second kappa shape index (κ2) is 19.6. The summed E-state index contributed by atoms with van der Waals surface area (Å²) in [4.78, 5) is 52.3. The van der Waals surface area contributed by atoms with Gasteiger partial charge in [0.2, 0.25) is 11.8 Å². The third-order valence-electron chi connectivity index (χ3n) is 7.67. The van der Waals surface area contributed by atoms with Crippen LogP contribution in [0, 0.1) is 5.92 Å². The van der Waals surface area contributed by atoms with Crippen molar-refractivity contribution in [3.8, 4) is 0 Å². The Kier molecular flexibility index (Phi) is 14.6. The van der Waals surface area contributed by atoms with Gasteiger partial charge in [-0.3, -0.25) is 9.59 Å². The van der Waals surface area contributed by atoms with Gasteiger partial charge in [0.1, 0.15) is 19.3 Å². The summed E-state index contributed by atoms with van der Waals surface area (Å²) in [6.07, 6.45) is 3.17. The number of ether oxygens (including phenoxy) is 3. The maximum Gasteiger partial charge on any atom is 0.408 e. The first-order valence-corrected chi connectivity index (χ1v) is 16.0. The molecule has 48 heavy (non-hydrogen) atoms. The van der Waals surface area contributed by atoms with E-state index in [9.17, 15) is 24.3 Å². The maximum absolute atomic E-state index is 13.5. The predicted octanol–water partition coefficient (Wildman–Crippen LogP) is 3.60. The Bertz CT molecular complexity index is 1470. The lowest BCUT2D eigenvalue weighted by atomic mass is 9.97. The molecule has 1 heterocycles. The van der Waals surface area contributed by atoms with E-state index >= 15 is 0 Å². The minimum Gasteiger partial charge on any atom is -0.462 e. The summed E-state index contributed by atoms with van der Waals surface area (Å²) >= 11 is 0. The summed E-state index contributed by atoms with van der Waals surface area (Å²) in [5, 5.41) is 18.2. The first kappa shape index (κ1) is 35.8. The SMILES string of the molecule is O=C(CC1CC=CCC(NC(=O)OCc2ccccc2)C(=O)OCC(COCc2ccccc2)NC1=O)NC(CO)Cc1ccccc1. The summed E-state index contributed by atoms with van der Waals surface area (Å²) in [5.74, 6) is -2.23. The summed E-state index contributed by atoms with van der Waals surface area (Å²) in [7, 11) is 0. The lowest BCUT2D eigenvalue weighted by Gasteiger charge is -2.25. The van der Waals surface area contributed by atoms with E-state index < -0.39 is 42.0 Å². The number of benzene rings is 3. The standard InChI is InChI=1S/C37H43N3O8/c41-22-31(20-27-12-4-1-5-13-27)38-34(42)21-30-18-10-11-19-33(40-37(45)48-24-29-16-8-3-9-17-29)36(44)47-26-32(39-35(30)43)25-46-23-28-14-6-2-7-15-28/h1-17,30-33,41H,18-26H2,(H,38,42)(H,39,43)(H,40,45). The summed E-state index contributed by atoms with van der Waals surface area (Å²) in [6, 6.07) is 25.8. The fourth-order valence-corrected chi connectivity index (χ4v) is 5.09. The first-order chi connectivity index (χ1) is 23.4. The summed E-state index contributed by atoms with van der Waals surface area (Å²) in [5.41, 5.74) is 2.69. The number of cyclic esters (lactones) is 1. The number of carbonyl (C=O) groups excluding carboxylic acids is 4. The van der Waals surface area contributed by atoms with Crippen molar-refractivity contribution >= 4 is 23.9 Å². The normalized spacial score (nSPS) is 19.1. The second-order valence-electron chi connectivity index (χ2n) is 11.6. The number of hydrogen-bond donors (Lipinski definition) is 4. The van der Waals surface area contributed by atoms with E-state index in [2.05, 4.69) is 16.0 Å². The molecule has 0 saturated heterocycles. The number of allylic oxidation sites excluding steroid dienone is 1. The van der Waals surface area contributed by atoms with Crippen LogP contribution in [0.2, 0.25) is 0 Å². The topological polar surface area (TPSA) is 152 Å². The van der Waals surface area contributed by atoms with E-state index in [1.54, 1.807) is 12.2 Å². The van der Waals surface area contributed by atoms with Crippen molar-refractivity contribution in [1.29, 1.82) is 0 Å². The third kappa shape index (κ3) is 12.7. The smallest absolute Gasteiger partial charge is 0.408 e. The Morgan fingerprint density at radius 3 is 2.10 bits per heavy atom. The van der Waals surface area contributed by atoms with Crippen LogP contribution in [0.1, 0.15) is 36.0 Å². The molecule has 1 aliphatic rings. The van der Waals surface area contributed by atoms with Crippen LogP contribution < -0.4 is 16.0 Å². The van der Waals surface area contributed by atoms with Gasteiger partial charge >= 0.3 is 12.1 Å². The highest BCUT2D eigenvalue weighted by molar-refractivity contribution is 5.86. The molecule has 4 rings (SSSR count). The van der Waals surface area contributed by atoms with Gasteiger partial charge in [0.15, 0.2) is 0 Å². The molecule has 254 valence electrons. The molecule has 3 amide bonds. The molecule has 3 aromatic carbocycles. The number of carbonyl (C=O) groups is 4. The Balaban J connectivity index is 1.42. The molecule has 0 bridgehead atoms. The highest BCUT2D eigenvalue weighted by atomic mass is 16.6. The zero-order valence-corrected chi connectivity index (χ0v) is 26.8. The van der Waals surface area contributed by atoms with E-state index in [4.69, 9.17) is 14.2 Å². The van der Waals surface area contributed by atoms with Crippen molar-refractivity contribution in [2.24, 2.45) is 5.92 Å². The van der Waals surface area contributed by atoms with Gasteiger partial charge in [0, 0.05) is 6.42 Å². The molecule has 4 atom stereocenters. The minimum absolute atomic E-state index is 0.0311. The van der Waals surface area contributed by atoms with Gasteiger partial charge in [-0.05, 0) is 36.0 Å². The average molecular weight is 658 g/mol. The number of aliphatic hydroxyl groups excluding tert-OH is 1. The molecular formula is C37H43N3O8. The minimum atomic E-state index is -1.05. The van der Waals surface area contributed by atoms with Gasteiger partial charge in [-0.25, -0.2) is 9.59 Å². The van der Waals surface area contributed by atoms with Gasteiger partial charge in [-0.15, -0.1) is 0 Å². The number of nitrogens with one attached hydrogen (secondary N) is 3. The number of alkyl carbamates (subject to hydrolysis) is 1. The number of hydrogen-bond acceptors (Lipinski definition) is 8.